The highest BCUT2D eigenvalue weighted by Gasteiger charge is 2.18. The van der Waals surface area contributed by atoms with Crippen LogP contribution in [0.25, 0.3) is 0 Å². The SMILES string of the molecule is C#Cc1ccc(NS(=O)(=O)c2ccccc2F)cc1. The maximum atomic E-state index is 13.5. The van der Waals surface area contributed by atoms with Gasteiger partial charge >= 0.3 is 0 Å². The zero-order valence-electron chi connectivity index (χ0n) is 9.80. The van der Waals surface area contributed by atoms with E-state index in [9.17, 15) is 12.8 Å². The number of hydrogen-bond donors (Lipinski definition) is 1. The van der Waals surface area contributed by atoms with Gasteiger partial charge in [0, 0.05) is 11.3 Å². The Bertz CT molecular complexity index is 731. The molecule has 0 saturated carbocycles. The Morgan fingerprint density at radius 1 is 1.05 bits per heavy atom. The van der Waals surface area contributed by atoms with Crippen molar-refractivity contribution in [3.8, 4) is 12.3 Å². The highest BCUT2D eigenvalue weighted by Crippen LogP contribution is 2.18. The van der Waals surface area contributed by atoms with E-state index in [1.54, 1.807) is 12.1 Å². The summed E-state index contributed by atoms with van der Waals surface area (Å²) in [6.07, 6.45) is 5.20. The summed E-state index contributed by atoms with van der Waals surface area (Å²) in [6.45, 7) is 0. The lowest BCUT2D eigenvalue weighted by Gasteiger charge is -2.08. The Kier molecular flexibility index (Phi) is 3.54. The van der Waals surface area contributed by atoms with E-state index in [0.29, 0.717) is 11.3 Å². The highest BCUT2D eigenvalue weighted by molar-refractivity contribution is 7.92. The minimum absolute atomic E-state index is 0.322. The van der Waals surface area contributed by atoms with Gasteiger partial charge in [0.2, 0.25) is 0 Å². The molecule has 0 amide bonds. The molecular formula is C14H10FNO2S. The van der Waals surface area contributed by atoms with Crippen LogP contribution in [0.2, 0.25) is 0 Å². The largest absolute Gasteiger partial charge is 0.280 e. The minimum Gasteiger partial charge on any atom is -0.280 e. The first-order chi connectivity index (χ1) is 9.03. The highest BCUT2D eigenvalue weighted by atomic mass is 32.2. The number of benzene rings is 2. The van der Waals surface area contributed by atoms with Crippen molar-refractivity contribution < 1.29 is 12.8 Å². The monoisotopic (exact) mass is 275 g/mol. The summed E-state index contributed by atoms with van der Waals surface area (Å²) in [4.78, 5) is -0.393. The van der Waals surface area contributed by atoms with Gasteiger partial charge in [-0.3, -0.25) is 4.72 Å². The number of terminal acetylenes is 1. The third-order valence-electron chi connectivity index (χ3n) is 2.43. The van der Waals surface area contributed by atoms with Crippen molar-refractivity contribution in [3.05, 3.63) is 59.9 Å². The molecule has 0 aromatic heterocycles. The van der Waals surface area contributed by atoms with Crippen LogP contribution in [0.3, 0.4) is 0 Å². The van der Waals surface area contributed by atoms with Gasteiger partial charge in [0.15, 0.2) is 0 Å². The lowest BCUT2D eigenvalue weighted by atomic mass is 10.2. The molecular weight excluding hydrogens is 265 g/mol. The second kappa shape index (κ2) is 5.12. The molecule has 0 bridgehead atoms. The molecule has 0 fully saturated rings. The molecule has 2 rings (SSSR count). The quantitative estimate of drug-likeness (QED) is 0.875. The summed E-state index contributed by atoms with van der Waals surface area (Å²) in [5.74, 6) is 1.62. The normalized spacial score (nSPS) is 10.7. The van der Waals surface area contributed by atoms with Gasteiger partial charge in [-0.2, -0.15) is 0 Å². The summed E-state index contributed by atoms with van der Waals surface area (Å²) in [7, 11) is -3.94. The van der Waals surface area contributed by atoms with Gasteiger partial charge in [-0.15, -0.1) is 6.42 Å². The van der Waals surface area contributed by atoms with E-state index in [1.807, 2.05) is 0 Å². The van der Waals surface area contributed by atoms with Gasteiger partial charge in [0.1, 0.15) is 10.7 Å². The van der Waals surface area contributed by atoms with Crippen LogP contribution in [0.1, 0.15) is 5.56 Å². The van der Waals surface area contributed by atoms with Crippen molar-refractivity contribution >= 4 is 15.7 Å². The third kappa shape index (κ3) is 2.92. The van der Waals surface area contributed by atoms with Crippen molar-refractivity contribution in [3.63, 3.8) is 0 Å². The fraction of sp³-hybridized carbons (Fsp3) is 0. The van der Waals surface area contributed by atoms with Crippen LogP contribution >= 0.6 is 0 Å². The predicted molar refractivity (Wildman–Crippen MR) is 71.6 cm³/mol. The number of halogens is 1. The molecule has 0 heterocycles. The average Bonchev–Trinajstić information content (AvgIpc) is 2.39. The first kappa shape index (κ1) is 13.1. The molecule has 2 aromatic rings. The Hall–Kier alpha value is -2.32. The fourth-order valence-corrected chi connectivity index (χ4v) is 2.65. The number of hydrogen-bond acceptors (Lipinski definition) is 2. The van der Waals surface area contributed by atoms with Crippen molar-refractivity contribution in [1.29, 1.82) is 0 Å². The lowest BCUT2D eigenvalue weighted by molar-refractivity contribution is 0.570. The summed E-state index contributed by atoms with van der Waals surface area (Å²) in [5.41, 5.74) is 0.955. The first-order valence-electron chi connectivity index (χ1n) is 5.37. The van der Waals surface area contributed by atoms with E-state index >= 15 is 0 Å². The summed E-state index contributed by atoms with van der Waals surface area (Å²) < 4.78 is 39.7. The van der Waals surface area contributed by atoms with Gasteiger partial charge < -0.3 is 0 Å². The van der Waals surface area contributed by atoms with Crippen molar-refractivity contribution in [2.45, 2.75) is 4.90 Å². The molecule has 0 aliphatic rings. The fourth-order valence-electron chi connectivity index (χ4n) is 1.51. The smallest absolute Gasteiger partial charge is 0.264 e. The van der Waals surface area contributed by atoms with Crippen molar-refractivity contribution in [2.75, 3.05) is 4.72 Å². The van der Waals surface area contributed by atoms with E-state index in [4.69, 9.17) is 6.42 Å². The van der Waals surface area contributed by atoms with Gasteiger partial charge in [-0.25, -0.2) is 12.8 Å². The number of rotatable bonds is 3. The van der Waals surface area contributed by atoms with Crippen LogP contribution in [0, 0.1) is 18.2 Å². The molecule has 0 radical (unpaired) electrons. The molecule has 0 aliphatic heterocycles. The van der Waals surface area contributed by atoms with Crippen LogP contribution in [-0.2, 0) is 10.0 Å². The third-order valence-corrected chi connectivity index (χ3v) is 3.84. The van der Waals surface area contributed by atoms with E-state index in [0.717, 1.165) is 6.07 Å². The molecule has 0 aliphatic carbocycles. The van der Waals surface area contributed by atoms with E-state index in [2.05, 4.69) is 10.6 Å². The molecule has 3 nitrogen and oxygen atoms in total. The minimum atomic E-state index is -3.94. The van der Waals surface area contributed by atoms with Gasteiger partial charge in [0.25, 0.3) is 10.0 Å². The molecule has 1 N–H and O–H groups in total. The van der Waals surface area contributed by atoms with Crippen molar-refractivity contribution in [1.82, 2.24) is 0 Å². The molecule has 19 heavy (non-hydrogen) atoms. The summed E-state index contributed by atoms with van der Waals surface area (Å²) in [5, 5.41) is 0. The summed E-state index contributed by atoms with van der Waals surface area (Å²) >= 11 is 0. The predicted octanol–water partition coefficient (Wildman–Crippen LogP) is 2.61. The standard InChI is InChI=1S/C14H10FNO2S/c1-2-11-7-9-12(10-8-11)16-19(17,18)14-6-4-3-5-13(14)15/h1,3-10,16H. The molecule has 0 spiro atoms. The molecule has 0 unspecified atom stereocenters. The summed E-state index contributed by atoms with van der Waals surface area (Å²) in [6, 6.07) is 11.4. The molecule has 0 saturated heterocycles. The maximum Gasteiger partial charge on any atom is 0.264 e. The van der Waals surface area contributed by atoms with E-state index in [-0.39, 0.29) is 0 Å². The van der Waals surface area contributed by atoms with Crippen LogP contribution in [0.15, 0.2) is 53.4 Å². The Labute approximate surface area is 111 Å². The zero-order chi connectivity index (χ0) is 13.9. The molecule has 5 heteroatoms. The van der Waals surface area contributed by atoms with Gasteiger partial charge in [-0.1, -0.05) is 18.1 Å². The van der Waals surface area contributed by atoms with E-state index in [1.165, 1.54) is 30.3 Å². The van der Waals surface area contributed by atoms with E-state index < -0.39 is 20.7 Å². The number of nitrogens with one attached hydrogen (secondary N) is 1. The second-order valence-electron chi connectivity index (χ2n) is 3.76. The molecule has 2 aromatic carbocycles. The topological polar surface area (TPSA) is 46.2 Å². The van der Waals surface area contributed by atoms with Crippen LogP contribution in [-0.4, -0.2) is 8.42 Å². The average molecular weight is 275 g/mol. The van der Waals surface area contributed by atoms with Gasteiger partial charge in [-0.05, 0) is 36.4 Å². The van der Waals surface area contributed by atoms with Crippen LogP contribution in [0.5, 0.6) is 0 Å². The van der Waals surface area contributed by atoms with Crippen LogP contribution in [0.4, 0.5) is 10.1 Å². The second-order valence-corrected chi connectivity index (χ2v) is 5.41. The Morgan fingerprint density at radius 3 is 2.26 bits per heavy atom. The lowest BCUT2D eigenvalue weighted by Crippen LogP contribution is -2.14. The Balaban J connectivity index is 2.32. The molecule has 96 valence electrons. The number of sulfonamides is 1. The first-order valence-corrected chi connectivity index (χ1v) is 6.85. The zero-order valence-corrected chi connectivity index (χ0v) is 10.6. The van der Waals surface area contributed by atoms with Gasteiger partial charge in [0.05, 0.1) is 0 Å². The number of anilines is 1. The maximum absolute atomic E-state index is 13.5. The van der Waals surface area contributed by atoms with Crippen LogP contribution < -0.4 is 4.72 Å². The molecule has 0 atom stereocenters. The van der Waals surface area contributed by atoms with Crippen molar-refractivity contribution in [2.24, 2.45) is 0 Å². The Morgan fingerprint density at radius 2 is 1.68 bits per heavy atom.